The van der Waals surface area contributed by atoms with Crippen LogP contribution in [0.25, 0.3) is 0 Å². The molecular weight excluding hydrogens is 230 g/mol. The molecule has 0 aliphatic carbocycles. The van der Waals surface area contributed by atoms with Crippen LogP contribution in [0.1, 0.15) is 80.1 Å². The van der Waals surface area contributed by atoms with E-state index < -0.39 is 0 Å². The standard InChI is InChI=1S/C18H39N/c1-7-10-16(4)13-19(14-17(5)11-8-2)15-18(6)12-9-3/h16-18H,7-15H2,1-6H3. The molecule has 19 heavy (non-hydrogen) atoms. The molecule has 0 aliphatic heterocycles. The number of hydrogen-bond acceptors (Lipinski definition) is 1. The van der Waals surface area contributed by atoms with Gasteiger partial charge in [0.1, 0.15) is 0 Å². The van der Waals surface area contributed by atoms with E-state index >= 15 is 0 Å². The first-order valence-electron chi connectivity index (χ1n) is 8.75. The van der Waals surface area contributed by atoms with Crippen molar-refractivity contribution in [2.75, 3.05) is 19.6 Å². The summed E-state index contributed by atoms with van der Waals surface area (Å²) in [6.07, 6.45) is 8.10. The van der Waals surface area contributed by atoms with Crippen LogP contribution in [0.3, 0.4) is 0 Å². The molecule has 0 aliphatic rings. The quantitative estimate of drug-likeness (QED) is 0.446. The van der Waals surface area contributed by atoms with Crippen LogP contribution in [0.4, 0.5) is 0 Å². The van der Waals surface area contributed by atoms with E-state index in [9.17, 15) is 0 Å². The highest BCUT2D eigenvalue weighted by molar-refractivity contribution is 4.69. The minimum absolute atomic E-state index is 0.854. The lowest BCUT2D eigenvalue weighted by Crippen LogP contribution is -2.36. The van der Waals surface area contributed by atoms with Crippen molar-refractivity contribution in [3.05, 3.63) is 0 Å². The fourth-order valence-electron chi connectivity index (χ4n) is 3.30. The highest BCUT2D eigenvalue weighted by Crippen LogP contribution is 2.15. The Morgan fingerprint density at radius 1 is 0.579 bits per heavy atom. The fourth-order valence-corrected chi connectivity index (χ4v) is 3.30. The summed E-state index contributed by atoms with van der Waals surface area (Å²) in [6, 6.07) is 0. The van der Waals surface area contributed by atoms with Crippen LogP contribution in [0, 0.1) is 17.8 Å². The van der Waals surface area contributed by atoms with E-state index in [0.29, 0.717) is 0 Å². The molecule has 0 saturated heterocycles. The third-order valence-corrected chi connectivity index (χ3v) is 4.05. The molecule has 0 bridgehead atoms. The summed E-state index contributed by atoms with van der Waals surface area (Å²) >= 11 is 0. The SMILES string of the molecule is CCCC(C)CN(CC(C)CCC)CC(C)CCC. The first-order chi connectivity index (χ1) is 9.03. The van der Waals surface area contributed by atoms with Gasteiger partial charge in [0.15, 0.2) is 0 Å². The second-order valence-corrected chi connectivity index (χ2v) is 6.90. The van der Waals surface area contributed by atoms with Gasteiger partial charge in [0.25, 0.3) is 0 Å². The molecule has 0 saturated carbocycles. The van der Waals surface area contributed by atoms with Crippen molar-refractivity contribution in [3.8, 4) is 0 Å². The largest absolute Gasteiger partial charge is 0.303 e. The van der Waals surface area contributed by atoms with Gasteiger partial charge in [-0.1, -0.05) is 60.8 Å². The Kier molecular flexibility index (Phi) is 11.7. The normalized spacial score (nSPS) is 16.6. The molecule has 0 radical (unpaired) electrons. The average molecular weight is 270 g/mol. The minimum atomic E-state index is 0.854. The third kappa shape index (κ3) is 10.4. The van der Waals surface area contributed by atoms with Gasteiger partial charge in [-0.15, -0.1) is 0 Å². The Bertz CT molecular complexity index is 157. The van der Waals surface area contributed by atoms with Gasteiger partial charge in [0.2, 0.25) is 0 Å². The molecule has 0 rings (SSSR count). The van der Waals surface area contributed by atoms with Crippen LogP contribution in [0.5, 0.6) is 0 Å². The maximum atomic E-state index is 2.75. The third-order valence-electron chi connectivity index (χ3n) is 4.05. The maximum absolute atomic E-state index is 2.75. The second-order valence-electron chi connectivity index (χ2n) is 6.90. The summed E-state index contributed by atoms with van der Waals surface area (Å²) < 4.78 is 0. The first kappa shape index (κ1) is 19.0. The van der Waals surface area contributed by atoms with E-state index in [1.807, 2.05) is 0 Å². The molecule has 0 spiro atoms. The van der Waals surface area contributed by atoms with Gasteiger partial charge in [-0.05, 0) is 37.0 Å². The highest BCUT2D eigenvalue weighted by Gasteiger charge is 2.15. The van der Waals surface area contributed by atoms with Crippen LogP contribution in [-0.2, 0) is 0 Å². The van der Waals surface area contributed by atoms with Crippen molar-refractivity contribution < 1.29 is 0 Å². The summed E-state index contributed by atoms with van der Waals surface area (Å²) in [7, 11) is 0. The predicted molar refractivity (Wildman–Crippen MR) is 88.7 cm³/mol. The van der Waals surface area contributed by atoms with Gasteiger partial charge >= 0.3 is 0 Å². The molecule has 0 amide bonds. The zero-order valence-electron chi connectivity index (χ0n) is 14.5. The molecule has 3 atom stereocenters. The van der Waals surface area contributed by atoms with E-state index in [4.69, 9.17) is 0 Å². The Balaban J connectivity index is 4.28. The number of nitrogens with zero attached hydrogens (tertiary/aromatic N) is 1. The van der Waals surface area contributed by atoms with Gasteiger partial charge in [0.05, 0.1) is 0 Å². The van der Waals surface area contributed by atoms with Crippen molar-refractivity contribution in [1.82, 2.24) is 4.90 Å². The average Bonchev–Trinajstić information content (AvgIpc) is 2.29. The maximum Gasteiger partial charge on any atom is 0.000724 e. The smallest absolute Gasteiger partial charge is 0.000724 e. The fraction of sp³-hybridized carbons (Fsp3) is 1.00. The second kappa shape index (κ2) is 11.8. The molecule has 0 fully saturated rings. The monoisotopic (exact) mass is 269 g/mol. The highest BCUT2D eigenvalue weighted by atomic mass is 15.1. The van der Waals surface area contributed by atoms with Gasteiger partial charge in [-0.3, -0.25) is 0 Å². The lowest BCUT2D eigenvalue weighted by Gasteiger charge is -2.30. The van der Waals surface area contributed by atoms with Crippen LogP contribution >= 0.6 is 0 Å². The molecule has 0 aromatic heterocycles. The molecule has 1 nitrogen and oxygen atoms in total. The van der Waals surface area contributed by atoms with Gasteiger partial charge in [-0.25, -0.2) is 0 Å². The first-order valence-corrected chi connectivity index (χ1v) is 8.75. The molecule has 0 heterocycles. The Hall–Kier alpha value is -0.0400. The van der Waals surface area contributed by atoms with Crippen molar-refractivity contribution >= 4 is 0 Å². The minimum Gasteiger partial charge on any atom is -0.303 e. The van der Waals surface area contributed by atoms with Crippen LogP contribution < -0.4 is 0 Å². The van der Waals surface area contributed by atoms with E-state index in [-0.39, 0.29) is 0 Å². The summed E-state index contributed by atoms with van der Waals surface area (Å²) in [5.74, 6) is 2.56. The molecule has 1 heteroatoms. The summed E-state index contributed by atoms with van der Waals surface area (Å²) in [6.45, 7) is 18.1. The van der Waals surface area contributed by atoms with E-state index in [1.54, 1.807) is 0 Å². The zero-order valence-corrected chi connectivity index (χ0v) is 14.5. The van der Waals surface area contributed by atoms with Crippen molar-refractivity contribution in [2.24, 2.45) is 17.8 Å². The number of rotatable bonds is 12. The van der Waals surface area contributed by atoms with Gasteiger partial charge in [-0.2, -0.15) is 0 Å². The molecule has 0 aromatic rings. The molecule has 3 unspecified atom stereocenters. The molecule has 116 valence electrons. The van der Waals surface area contributed by atoms with Crippen LogP contribution in [-0.4, -0.2) is 24.5 Å². The Morgan fingerprint density at radius 2 is 0.842 bits per heavy atom. The summed E-state index contributed by atoms with van der Waals surface area (Å²) in [5, 5.41) is 0. The lowest BCUT2D eigenvalue weighted by atomic mass is 9.99. The topological polar surface area (TPSA) is 3.24 Å². The van der Waals surface area contributed by atoms with E-state index in [0.717, 1.165) is 17.8 Å². The predicted octanol–water partition coefficient (Wildman–Crippen LogP) is 5.60. The van der Waals surface area contributed by atoms with Crippen LogP contribution in [0.15, 0.2) is 0 Å². The van der Waals surface area contributed by atoms with Crippen molar-refractivity contribution in [1.29, 1.82) is 0 Å². The Morgan fingerprint density at radius 3 is 1.05 bits per heavy atom. The van der Waals surface area contributed by atoms with Gasteiger partial charge in [0, 0.05) is 19.6 Å². The van der Waals surface area contributed by atoms with Crippen LogP contribution in [0.2, 0.25) is 0 Å². The van der Waals surface area contributed by atoms with E-state index in [2.05, 4.69) is 46.4 Å². The van der Waals surface area contributed by atoms with E-state index in [1.165, 1.54) is 58.2 Å². The molecule has 0 aromatic carbocycles. The molecule has 0 N–H and O–H groups in total. The van der Waals surface area contributed by atoms with Gasteiger partial charge < -0.3 is 4.90 Å². The summed E-state index contributed by atoms with van der Waals surface area (Å²) in [5.41, 5.74) is 0. The lowest BCUT2D eigenvalue weighted by molar-refractivity contribution is 0.173. The summed E-state index contributed by atoms with van der Waals surface area (Å²) in [4.78, 5) is 2.75. The molecular formula is C18H39N. The number of hydrogen-bond donors (Lipinski definition) is 0. The zero-order chi connectivity index (χ0) is 14.7. The van der Waals surface area contributed by atoms with Crippen molar-refractivity contribution in [2.45, 2.75) is 80.1 Å². The van der Waals surface area contributed by atoms with Crippen molar-refractivity contribution in [3.63, 3.8) is 0 Å². The Labute approximate surface area is 123 Å².